The van der Waals surface area contributed by atoms with Crippen LogP contribution in [0.15, 0.2) is 18.6 Å². The number of aryl methyl sites for hydroxylation is 1. The van der Waals surface area contributed by atoms with Crippen LogP contribution in [0.3, 0.4) is 0 Å². The number of rotatable bonds is 0. The van der Waals surface area contributed by atoms with Gasteiger partial charge in [-0.1, -0.05) is 0 Å². The van der Waals surface area contributed by atoms with E-state index >= 15 is 0 Å². The molecule has 0 spiro atoms. The predicted octanol–water partition coefficient (Wildman–Crippen LogP) is 0.620. The van der Waals surface area contributed by atoms with Crippen molar-refractivity contribution in [1.82, 2.24) is 14.6 Å². The average molecular weight is 148 g/mol. The van der Waals surface area contributed by atoms with E-state index in [-0.39, 0.29) is 0 Å². The smallest absolute Gasteiger partial charge is 0.160 e. The summed E-state index contributed by atoms with van der Waals surface area (Å²) in [6.45, 7) is 1.93. The van der Waals surface area contributed by atoms with E-state index in [1.54, 1.807) is 10.7 Å². The maximum atomic E-state index is 5.66. The lowest BCUT2D eigenvalue weighted by Gasteiger charge is -1.98. The van der Waals surface area contributed by atoms with Crippen molar-refractivity contribution < 1.29 is 0 Å². The number of aromatic nitrogens is 3. The highest BCUT2D eigenvalue weighted by Gasteiger charge is 2.00. The van der Waals surface area contributed by atoms with E-state index in [1.165, 1.54) is 6.33 Å². The number of hydrogen-bond donors (Lipinski definition) is 1. The first-order valence-corrected chi connectivity index (χ1v) is 3.33. The number of anilines is 1. The Morgan fingerprint density at radius 3 is 3.18 bits per heavy atom. The van der Waals surface area contributed by atoms with Crippen LogP contribution in [0, 0.1) is 6.92 Å². The van der Waals surface area contributed by atoms with Crippen LogP contribution < -0.4 is 5.73 Å². The minimum Gasteiger partial charge on any atom is -0.398 e. The molecule has 0 atom stereocenters. The molecule has 0 aliphatic rings. The lowest BCUT2D eigenvalue weighted by atomic mass is 10.2. The zero-order valence-electron chi connectivity index (χ0n) is 6.15. The van der Waals surface area contributed by atoms with Crippen molar-refractivity contribution in [2.75, 3.05) is 5.73 Å². The maximum Gasteiger partial charge on any atom is 0.160 e. The molecule has 0 radical (unpaired) electrons. The van der Waals surface area contributed by atoms with Gasteiger partial charge in [0, 0.05) is 17.4 Å². The topological polar surface area (TPSA) is 56.2 Å². The third-order valence-electron chi connectivity index (χ3n) is 1.74. The molecule has 0 aromatic carbocycles. The minimum atomic E-state index is 0.755. The van der Waals surface area contributed by atoms with E-state index in [9.17, 15) is 0 Å². The first kappa shape index (κ1) is 6.15. The Hall–Kier alpha value is -1.58. The molecular formula is C7H8N4. The molecule has 56 valence electrons. The molecule has 0 saturated heterocycles. The zero-order valence-corrected chi connectivity index (χ0v) is 6.15. The van der Waals surface area contributed by atoms with Crippen molar-refractivity contribution in [3.05, 3.63) is 24.2 Å². The highest BCUT2D eigenvalue weighted by molar-refractivity contribution is 5.59. The highest BCUT2D eigenvalue weighted by Crippen LogP contribution is 2.13. The van der Waals surface area contributed by atoms with Crippen molar-refractivity contribution in [3.8, 4) is 0 Å². The Bertz CT molecular complexity index is 390. The van der Waals surface area contributed by atoms with Crippen LogP contribution >= 0.6 is 0 Å². The van der Waals surface area contributed by atoms with Crippen molar-refractivity contribution in [1.29, 1.82) is 0 Å². The predicted molar refractivity (Wildman–Crippen MR) is 42.1 cm³/mol. The zero-order chi connectivity index (χ0) is 7.84. The van der Waals surface area contributed by atoms with Gasteiger partial charge in [-0.25, -0.2) is 9.50 Å². The number of nitrogens with two attached hydrogens (primary N) is 1. The minimum absolute atomic E-state index is 0.755. The maximum absolute atomic E-state index is 5.66. The van der Waals surface area contributed by atoms with Crippen LogP contribution in [-0.4, -0.2) is 14.6 Å². The molecule has 11 heavy (non-hydrogen) atoms. The summed E-state index contributed by atoms with van der Waals surface area (Å²) in [7, 11) is 0. The fourth-order valence-corrected chi connectivity index (χ4v) is 1.03. The first-order chi connectivity index (χ1) is 5.29. The molecule has 4 heteroatoms. The molecular weight excluding hydrogens is 140 g/mol. The second-order valence-electron chi connectivity index (χ2n) is 2.42. The summed E-state index contributed by atoms with van der Waals surface area (Å²) >= 11 is 0. The van der Waals surface area contributed by atoms with Gasteiger partial charge in [-0.2, -0.15) is 5.10 Å². The summed E-state index contributed by atoms with van der Waals surface area (Å²) in [6.07, 6.45) is 3.31. The summed E-state index contributed by atoms with van der Waals surface area (Å²) in [6, 6.07) is 1.82. The molecule has 0 fully saturated rings. The van der Waals surface area contributed by atoms with Gasteiger partial charge in [-0.15, -0.1) is 0 Å². The summed E-state index contributed by atoms with van der Waals surface area (Å²) < 4.78 is 1.70. The number of hydrogen-bond acceptors (Lipinski definition) is 3. The molecule has 4 nitrogen and oxygen atoms in total. The first-order valence-electron chi connectivity index (χ1n) is 3.33. The van der Waals surface area contributed by atoms with E-state index in [2.05, 4.69) is 10.1 Å². The van der Waals surface area contributed by atoms with Gasteiger partial charge in [0.25, 0.3) is 0 Å². The monoisotopic (exact) mass is 148 g/mol. The second-order valence-corrected chi connectivity index (χ2v) is 2.42. The van der Waals surface area contributed by atoms with Crippen LogP contribution in [0.4, 0.5) is 5.69 Å². The molecule has 0 saturated carbocycles. The lowest BCUT2D eigenvalue weighted by molar-refractivity contribution is 0.957. The van der Waals surface area contributed by atoms with Crippen LogP contribution in [0.25, 0.3) is 5.65 Å². The second kappa shape index (κ2) is 1.95. The molecule has 2 heterocycles. The summed E-state index contributed by atoms with van der Waals surface area (Å²) in [4.78, 5) is 4.05. The van der Waals surface area contributed by atoms with E-state index in [1.807, 2.05) is 13.0 Å². The van der Waals surface area contributed by atoms with E-state index in [0.29, 0.717) is 0 Å². The van der Waals surface area contributed by atoms with E-state index in [4.69, 9.17) is 5.73 Å². The van der Waals surface area contributed by atoms with Crippen molar-refractivity contribution in [2.24, 2.45) is 0 Å². The summed E-state index contributed by atoms with van der Waals surface area (Å²) in [5.41, 5.74) is 8.22. The van der Waals surface area contributed by atoms with Gasteiger partial charge in [0.05, 0.1) is 0 Å². The van der Waals surface area contributed by atoms with Gasteiger partial charge in [-0.05, 0) is 13.0 Å². The van der Waals surface area contributed by atoms with Crippen molar-refractivity contribution in [3.63, 3.8) is 0 Å². The Labute approximate surface area is 63.7 Å². The number of nitrogens with zero attached hydrogens (tertiary/aromatic N) is 3. The Morgan fingerprint density at radius 1 is 1.55 bits per heavy atom. The standard InChI is InChI=1S/C7H8N4/c1-5-6(8)2-3-11-7(5)9-4-10-11/h2-4H,8H2,1H3. The van der Waals surface area contributed by atoms with Crippen LogP contribution in [0.2, 0.25) is 0 Å². The summed E-state index contributed by atoms with van der Waals surface area (Å²) in [5, 5.41) is 3.97. The Morgan fingerprint density at radius 2 is 2.36 bits per heavy atom. The van der Waals surface area contributed by atoms with Gasteiger partial charge in [-0.3, -0.25) is 0 Å². The molecule has 2 aromatic heterocycles. The van der Waals surface area contributed by atoms with E-state index < -0.39 is 0 Å². The molecule has 0 bridgehead atoms. The molecule has 0 amide bonds. The van der Waals surface area contributed by atoms with Crippen LogP contribution in [0.5, 0.6) is 0 Å². The van der Waals surface area contributed by atoms with Crippen LogP contribution in [-0.2, 0) is 0 Å². The highest BCUT2D eigenvalue weighted by atomic mass is 15.3. The van der Waals surface area contributed by atoms with Crippen molar-refractivity contribution in [2.45, 2.75) is 6.92 Å². The van der Waals surface area contributed by atoms with Gasteiger partial charge in [0.15, 0.2) is 5.65 Å². The number of nitrogen functional groups attached to an aromatic ring is 1. The summed E-state index contributed by atoms with van der Waals surface area (Å²) in [5.74, 6) is 0. The molecule has 2 N–H and O–H groups in total. The molecule has 0 aliphatic heterocycles. The largest absolute Gasteiger partial charge is 0.398 e. The Balaban J connectivity index is 2.93. The quantitative estimate of drug-likeness (QED) is 0.595. The Kier molecular flexibility index (Phi) is 1.09. The fourth-order valence-electron chi connectivity index (χ4n) is 1.03. The van der Waals surface area contributed by atoms with Gasteiger partial charge >= 0.3 is 0 Å². The number of pyridine rings is 1. The molecule has 2 aromatic rings. The number of fused-ring (bicyclic) bond motifs is 1. The average Bonchev–Trinajstić information content (AvgIpc) is 2.45. The fraction of sp³-hybridized carbons (Fsp3) is 0.143. The SMILES string of the molecule is Cc1c(N)ccn2ncnc12. The molecule has 0 aliphatic carbocycles. The van der Waals surface area contributed by atoms with Gasteiger partial charge in [0.1, 0.15) is 6.33 Å². The van der Waals surface area contributed by atoms with Crippen molar-refractivity contribution >= 4 is 11.3 Å². The van der Waals surface area contributed by atoms with E-state index in [0.717, 1.165) is 16.9 Å². The third-order valence-corrected chi connectivity index (χ3v) is 1.74. The lowest BCUT2D eigenvalue weighted by Crippen LogP contribution is -1.95. The van der Waals surface area contributed by atoms with Crippen LogP contribution in [0.1, 0.15) is 5.56 Å². The molecule has 2 rings (SSSR count). The van der Waals surface area contributed by atoms with Gasteiger partial charge in [0.2, 0.25) is 0 Å². The normalized spacial score (nSPS) is 10.6. The molecule has 0 unspecified atom stereocenters. The van der Waals surface area contributed by atoms with Gasteiger partial charge < -0.3 is 5.73 Å². The third kappa shape index (κ3) is 0.756.